The summed E-state index contributed by atoms with van der Waals surface area (Å²) in [6.07, 6.45) is -1.38. The maximum absolute atomic E-state index is 11.8. The van der Waals surface area contributed by atoms with Gasteiger partial charge >= 0.3 is 5.97 Å². The molecular weight excluding hydrogens is 290 g/mol. The van der Waals surface area contributed by atoms with E-state index in [0.717, 1.165) is 5.56 Å². The molecule has 2 N–H and O–H groups in total. The highest BCUT2D eigenvalue weighted by atomic mass is 35.5. The number of aliphatic hydroxyl groups is 1. The molecule has 4 nitrogen and oxygen atoms in total. The molecule has 0 bridgehead atoms. The lowest BCUT2D eigenvalue weighted by molar-refractivity contribution is -0.163. The van der Waals surface area contributed by atoms with Crippen molar-refractivity contribution in [2.45, 2.75) is 19.1 Å². The first kappa shape index (κ1) is 15.5. The Labute approximate surface area is 128 Å². The van der Waals surface area contributed by atoms with Crippen LogP contribution in [-0.4, -0.2) is 11.1 Å². The number of hydrogen-bond donors (Lipinski definition) is 2. The molecule has 1 unspecified atom stereocenters. The Morgan fingerprint density at radius 3 is 2.48 bits per heavy atom. The summed E-state index contributed by atoms with van der Waals surface area (Å²) < 4.78 is 0. The van der Waals surface area contributed by atoms with Crippen LogP contribution in [0.4, 0.5) is 0 Å². The van der Waals surface area contributed by atoms with Gasteiger partial charge in [0.2, 0.25) is 0 Å². The lowest BCUT2D eigenvalue weighted by Gasteiger charge is -2.16. The van der Waals surface area contributed by atoms with E-state index in [4.69, 9.17) is 16.4 Å². The molecule has 0 aliphatic heterocycles. The van der Waals surface area contributed by atoms with Crippen LogP contribution in [-0.2, 0) is 9.63 Å². The summed E-state index contributed by atoms with van der Waals surface area (Å²) in [5.41, 5.74) is 3.99. The van der Waals surface area contributed by atoms with Crippen LogP contribution in [0.15, 0.2) is 54.6 Å². The molecule has 0 spiro atoms. The molecule has 110 valence electrons. The molecule has 0 amide bonds. The van der Waals surface area contributed by atoms with Gasteiger partial charge in [-0.05, 0) is 30.2 Å². The molecule has 2 aromatic carbocycles. The lowest BCUT2D eigenvalue weighted by atomic mass is 10.1. The standard InChI is InChI=1S/C16H16ClNO3/c1-11(12-6-3-2-4-7-12)18-21-16(20)15(19)13-8-5-9-14(17)10-13/h2-11,15,18-19H,1H3/t11?,15-/m1/s1. The second kappa shape index (κ2) is 7.22. The molecule has 0 saturated carbocycles. The van der Waals surface area contributed by atoms with Crippen LogP contribution in [0.2, 0.25) is 5.02 Å². The van der Waals surface area contributed by atoms with Gasteiger partial charge in [-0.15, -0.1) is 5.48 Å². The predicted molar refractivity (Wildman–Crippen MR) is 80.5 cm³/mol. The third-order valence-corrected chi connectivity index (χ3v) is 3.26. The number of nitrogens with one attached hydrogen (secondary N) is 1. The average molecular weight is 306 g/mol. The zero-order valence-corrected chi connectivity index (χ0v) is 12.2. The average Bonchev–Trinajstić information content (AvgIpc) is 2.52. The number of hydroxylamine groups is 1. The van der Waals surface area contributed by atoms with Crippen LogP contribution in [0.3, 0.4) is 0 Å². The number of halogens is 1. The summed E-state index contributed by atoms with van der Waals surface area (Å²) in [6.45, 7) is 1.86. The molecule has 2 atom stereocenters. The van der Waals surface area contributed by atoms with Gasteiger partial charge in [-0.25, -0.2) is 4.79 Å². The molecule has 21 heavy (non-hydrogen) atoms. The summed E-state index contributed by atoms with van der Waals surface area (Å²) in [7, 11) is 0. The number of carbonyl (C=O) groups excluding carboxylic acids is 1. The summed E-state index contributed by atoms with van der Waals surface area (Å²) in [4.78, 5) is 16.7. The molecule has 5 heteroatoms. The number of rotatable bonds is 5. The summed E-state index contributed by atoms with van der Waals surface area (Å²) in [6, 6.07) is 15.8. The number of aliphatic hydroxyl groups excluding tert-OH is 1. The van der Waals surface area contributed by atoms with Crippen LogP contribution >= 0.6 is 11.6 Å². The van der Waals surface area contributed by atoms with Crippen molar-refractivity contribution < 1.29 is 14.7 Å². The predicted octanol–water partition coefficient (Wildman–Crippen LogP) is 3.18. The molecule has 0 aliphatic carbocycles. The van der Waals surface area contributed by atoms with Crippen LogP contribution in [0.1, 0.15) is 30.2 Å². The molecular formula is C16H16ClNO3. The van der Waals surface area contributed by atoms with Crippen LogP contribution < -0.4 is 5.48 Å². The van der Waals surface area contributed by atoms with Crippen LogP contribution in [0, 0.1) is 0 Å². The fourth-order valence-electron chi connectivity index (χ4n) is 1.82. The molecule has 0 fully saturated rings. The third-order valence-electron chi connectivity index (χ3n) is 3.02. The second-order valence-corrected chi connectivity index (χ2v) is 5.07. The first-order valence-electron chi connectivity index (χ1n) is 6.52. The molecule has 0 aromatic heterocycles. The maximum Gasteiger partial charge on any atom is 0.358 e. The lowest BCUT2D eigenvalue weighted by Crippen LogP contribution is -2.27. The van der Waals surface area contributed by atoms with E-state index >= 15 is 0 Å². The summed E-state index contributed by atoms with van der Waals surface area (Å²) >= 11 is 5.82. The van der Waals surface area contributed by atoms with Gasteiger partial charge in [-0.2, -0.15) is 0 Å². The normalized spacial score (nSPS) is 13.5. The van der Waals surface area contributed by atoms with Crippen LogP contribution in [0.25, 0.3) is 0 Å². The monoisotopic (exact) mass is 305 g/mol. The Morgan fingerprint density at radius 2 is 1.81 bits per heavy atom. The van der Waals surface area contributed by atoms with Crippen molar-refractivity contribution in [1.82, 2.24) is 5.48 Å². The van der Waals surface area contributed by atoms with E-state index in [9.17, 15) is 9.90 Å². The van der Waals surface area contributed by atoms with Crippen molar-refractivity contribution in [1.29, 1.82) is 0 Å². The first-order chi connectivity index (χ1) is 10.1. The molecule has 0 aliphatic rings. The highest BCUT2D eigenvalue weighted by Gasteiger charge is 2.20. The van der Waals surface area contributed by atoms with Gasteiger partial charge in [0, 0.05) is 5.02 Å². The number of hydrogen-bond acceptors (Lipinski definition) is 4. The highest BCUT2D eigenvalue weighted by molar-refractivity contribution is 6.30. The van der Waals surface area contributed by atoms with E-state index in [0.29, 0.717) is 10.6 Å². The van der Waals surface area contributed by atoms with Gasteiger partial charge in [-0.1, -0.05) is 54.1 Å². The highest BCUT2D eigenvalue weighted by Crippen LogP contribution is 2.19. The Balaban J connectivity index is 1.92. The molecule has 0 heterocycles. The largest absolute Gasteiger partial charge is 0.377 e. The minimum Gasteiger partial charge on any atom is -0.377 e. The Bertz CT molecular complexity index is 603. The van der Waals surface area contributed by atoms with E-state index in [1.807, 2.05) is 37.3 Å². The van der Waals surface area contributed by atoms with Gasteiger partial charge in [-0.3, -0.25) is 0 Å². The molecule has 2 aromatic rings. The first-order valence-corrected chi connectivity index (χ1v) is 6.90. The fourth-order valence-corrected chi connectivity index (χ4v) is 2.02. The van der Waals surface area contributed by atoms with Crippen molar-refractivity contribution >= 4 is 17.6 Å². The summed E-state index contributed by atoms with van der Waals surface area (Å²) in [5.74, 6) is -0.778. The van der Waals surface area contributed by atoms with Gasteiger partial charge in [0.1, 0.15) is 0 Å². The van der Waals surface area contributed by atoms with Crippen molar-refractivity contribution in [3.05, 3.63) is 70.7 Å². The molecule has 2 rings (SSSR count). The van der Waals surface area contributed by atoms with Crippen molar-refractivity contribution in [2.75, 3.05) is 0 Å². The summed E-state index contributed by atoms with van der Waals surface area (Å²) in [5, 5.41) is 10.4. The third kappa shape index (κ3) is 4.29. The van der Waals surface area contributed by atoms with Crippen molar-refractivity contribution in [2.24, 2.45) is 0 Å². The van der Waals surface area contributed by atoms with Gasteiger partial charge in [0.15, 0.2) is 6.10 Å². The van der Waals surface area contributed by atoms with E-state index in [-0.39, 0.29) is 6.04 Å². The zero-order valence-electron chi connectivity index (χ0n) is 11.5. The Kier molecular flexibility index (Phi) is 5.33. The molecule has 0 radical (unpaired) electrons. The number of carbonyl (C=O) groups is 1. The molecule has 0 saturated heterocycles. The van der Waals surface area contributed by atoms with Crippen LogP contribution in [0.5, 0.6) is 0 Å². The van der Waals surface area contributed by atoms with E-state index < -0.39 is 12.1 Å². The van der Waals surface area contributed by atoms with Gasteiger partial charge in [0.25, 0.3) is 0 Å². The topological polar surface area (TPSA) is 58.6 Å². The van der Waals surface area contributed by atoms with Gasteiger partial charge < -0.3 is 9.94 Å². The van der Waals surface area contributed by atoms with Gasteiger partial charge in [0.05, 0.1) is 6.04 Å². The van der Waals surface area contributed by atoms with Crippen molar-refractivity contribution in [3.63, 3.8) is 0 Å². The van der Waals surface area contributed by atoms with Crippen molar-refractivity contribution in [3.8, 4) is 0 Å². The second-order valence-electron chi connectivity index (χ2n) is 4.63. The number of benzene rings is 2. The van der Waals surface area contributed by atoms with E-state index in [2.05, 4.69) is 5.48 Å². The maximum atomic E-state index is 11.8. The minimum absolute atomic E-state index is 0.179. The van der Waals surface area contributed by atoms with E-state index in [1.54, 1.807) is 18.2 Å². The smallest absolute Gasteiger partial charge is 0.358 e. The minimum atomic E-state index is -1.38. The fraction of sp³-hybridized carbons (Fsp3) is 0.188. The van der Waals surface area contributed by atoms with E-state index in [1.165, 1.54) is 6.07 Å². The Morgan fingerprint density at radius 1 is 1.14 bits per heavy atom. The SMILES string of the molecule is CC(NOC(=O)[C@H](O)c1cccc(Cl)c1)c1ccccc1. The quantitative estimate of drug-likeness (QED) is 0.833. The Hall–Kier alpha value is -1.88. The zero-order chi connectivity index (χ0) is 15.2.